The minimum absolute atomic E-state index is 0.00373. The van der Waals surface area contributed by atoms with Gasteiger partial charge in [0.25, 0.3) is 0 Å². The molecule has 0 saturated carbocycles. The Morgan fingerprint density at radius 1 is 0.970 bits per heavy atom. The van der Waals surface area contributed by atoms with Gasteiger partial charge in [0.15, 0.2) is 8.32 Å². The molecule has 33 heavy (non-hydrogen) atoms. The Labute approximate surface area is 203 Å². The summed E-state index contributed by atoms with van der Waals surface area (Å²) in [5, 5.41) is 1.78. The van der Waals surface area contributed by atoms with E-state index in [0.717, 1.165) is 28.6 Å². The predicted octanol–water partition coefficient (Wildman–Crippen LogP) is 7.37. The Balaban J connectivity index is 2.51. The molecule has 2 aromatic carbocycles. The lowest BCUT2D eigenvalue weighted by molar-refractivity contribution is 0.170. The summed E-state index contributed by atoms with van der Waals surface area (Å²) in [6, 6.07) is 22.7. The van der Waals surface area contributed by atoms with Crippen molar-refractivity contribution in [3.05, 3.63) is 77.7 Å². The highest BCUT2D eigenvalue weighted by Crippen LogP contribution is 2.30. The highest BCUT2D eigenvalue weighted by Gasteiger charge is 2.35. The van der Waals surface area contributed by atoms with Gasteiger partial charge in [-0.05, 0) is 48.3 Å². The quantitative estimate of drug-likeness (QED) is 0.262. The van der Waals surface area contributed by atoms with Crippen LogP contribution in [0.5, 0.6) is 0 Å². The predicted molar refractivity (Wildman–Crippen MR) is 144 cm³/mol. The van der Waals surface area contributed by atoms with Gasteiger partial charge in [-0.25, -0.2) is 8.57 Å². The minimum atomic E-state index is -2.64. The van der Waals surface area contributed by atoms with E-state index in [2.05, 4.69) is 50.8 Å². The summed E-state index contributed by atoms with van der Waals surface area (Å²) in [5.74, 6) is 7.07. The Morgan fingerprint density at radius 3 is 2.00 bits per heavy atom. The topological polar surface area (TPSA) is 38.7 Å². The van der Waals surface area contributed by atoms with Gasteiger partial charge in [-0.1, -0.05) is 88.9 Å². The first-order valence-corrected chi connectivity index (χ1v) is 16.1. The number of hydrogen-bond acceptors (Lipinski definition) is 3. The second-order valence-electron chi connectivity index (χ2n) is 8.63. The lowest BCUT2D eigenvalue weighted by Gasteiger charge is -2.35. The minimum Gasteiger partial charge on any atom is -0.403 e. The third-order valence-electron chi connectivity index (χ3n) is 6.40. The van der Waals surface area contributed by atoms with Crippen LogP contribution in [0.25, 0.3) is 0 Å². The van der Waals surface area contributed by atoms with Crippen LogP contribution in [0, 0.1) is 23.7 Å². The summed E-state index contributed by atoms with van der Waals surface area (Å²) in [6.07, 6.45) is 1.78. The lowest BCUT2D eigenvalue weighted by atomic mass is 9.90. The van der Waals surface area contributed by atoms with E-state index >= 15 is 0 Å². The Kier molecular flexibility index (Phi) is 10.6. The molecule has 0 fully saturated rings. The molecule has 178 valence electrons. The molecular weight excluding hydrogens is 442 g/mol. The van der Waals surface area contributed by atoms with Crippen LogP contribution in [0.1, 0.15) is 40.2 Å². The SMILES string of the molecule is CC[Si](CC)(CC)O[C@@H](C#Cc1ccccc1)[C@H](/C=C\S(=O)(=NC)c1ccccc1)C(C)C. The van der Waals surface area contributed by atoms with E-state index in [1.54, 1.807) is 12.5 Å². The van der Waals surface area contributed by atoms with E-state index in [-0.39, 0.29) is 17.9 Å². The number of rotatable bonds is 10. The second-order valence-corrected chi connectivity index (χ2v) is 15.6. The summed E-state index contributed by atoms with van der Waals surface area (Å²) in [4.78, 5) is 0.721. The summed E-state index contributed by atoms with van der Waals surface area (Å²) in [5.41, 5.74) is 0.978. The molecule has 0 heterocycles. The molecule has 5 heteroatoms. The molecule has 0 N–H and O–H groups in total. The maximum Gasteiger partial charge on any atom is 0.193 e. The first-order valence-electron chi connectivity index (χ1n) is 12.0. The van der Waals surface area contributed by atoms with Crippen LogP contribution in [0.2, 0.25) is 18.1 Å². The van der Waals surface area contributed by atoms with Crippen molar-refractivity contribution < 1.29 is 8.63 Å². The molecule has 0 radical (unpaired) electrons. The second kappa shape index (κ2) is 12.9. The number of hydrogen-bond donors (Lipinski definition) is 0. The van der Waals surface area contributed by atoms with E-state index in [1.807, 2.05) is 66.7 Å². The van der Waals surface area contributed by atoms with E-state index in [1.165, 1.54) is 0 Å². The van der Waals surface area contributed by atoms with Crippen LogP contribution in [0.4, 0.5) is 0 Å². The summed E-state index contributed by atoms with van der Waals surface area (Å²) < 4.78 is 24.8. The van der Waals surface area contributed by atoms with E-state index in [9.17, 15) is 4.21 Å². The summed E-state index contributed by atoms with van der Waals surface area (Å²) in [6.45, 7) is 11.1. The molecule has 0 amide bonds. The van der Waals surface area contributed by atoms with Gasteiger partial charge in [0.2, 0.25) is 0 Å². The van der Waals surface area contributed by atoms with Gasteiger partial charge in [0.05, 0.1) is 14.6 Å². The zero-order valence-corrected chi connectivity index (χ0v) is 22.8. The van der Waals surface area contributed by atoms with Crippen molar-refractivity contribution in [3.63, 3.8) is 0 Å². The summed E-state index contributed by atoms with van der Waals surface area (Å²) >= 11 is 0. The van der Waals surface area contributed by atoms with E-state index < -0.39 is 18.0 Å². The van der Waals surface area contributed by atoms with Gasteiger partial charge >= 0.3 is 0 Å². The van der Waals surface area contributed by atoms with Crippen molar-refractivity contribution in [2.75, 3.05) is 7.05 Å². The first kappa shape index (κ1) is 27.1. The van der Waals surface area contributed by atoms with Crippen molar-refractivity contribution in [1.82, 2.24) is 0 Å². The maximum absolute atomic E-state index is 13.6. The zero-order chi connectivity index (χ0) is 24.3. The van der Waals surface area contributed by atoms with Crippen LogP contribution in [-0.2, 0) is 14.2 Å². The summed E-state index contributed by atoms with van der Waals surface area (Å²) in [7, 11) is -2.93. The smallest absolute Gasteiger partial charge is 0.193 e. The van der Waals surface area contributed by atoms with Gasteiger partial charge in [0, 0.05) is 23.9 Å². The molecule has 0 aromatic heterocycles. The van der Waals surface area contributed by atoms with E-state index in [0.29, 0.717) is 0 Å². The molecule has 0 bridgehead atoms. The fraction of sp³-hybridized carbons (Fsp3) is 0.429. The maximum atomic E-state index is 13.6. The van der Waals surface area contributed by atoms with Crippen molar-refractivity contribution in [1.29, 1.82) is 0 Å². The monoisotopic (exact) mass is 481 g/mol. The number of nitrogens with zero attached hydrogens (tertiary/aromatic N) is 1. The molecule has 0 aliphatic rings. The highest BCUT2D eigenvalue weighted by molar-refractivity contribution is 7.96. The average Bonchev–Trinajstić information content (AvgIpc) is 2.86. The van der Waals surface area contributed by atoms with Gasteiger partial charge in [-0.15, -0.1) is 0 Å². The standard InChI is InChI=1S/C28H39NO2SSi/c1-7-33(8-2,9-3)31-28(21-20-25-16-12-10-13-17-25)27(24(4)5)22-23-32(30,29-6)26-18-14-11-15-19-26/h10-19,22-24,27-28H,7-9H2,1-6H3/b23-22-/t27-,28+,32?/m1/s1. The van der Waals surface area contributed by atoms with Crippen molar-refractivity contribution in [2.45, 2.75) is 63.8 Å². The van der Waals surface area contributed by atoms with Gasteiger partial charge in [-0.2, -0.15) is 0 Å². The average molecular weight is 482 g/mol. The van der Waals surface area contributed by atoms with Gasteiger partial charge in [0.1, 0.15) is 6.10 Å². The molecule has 1 unspecified atom stereocenters. The lowest BCUT2D eigenvalue weighted by Crippen LogP contribution is -2.42. The fourth-order valence-electron chi connectivity index (χ4n) is 3.88. The zero-order valence-electron chi connectivity index (χ0n) is 21.0. The van der Waals surface area contributed by atoms with Crippen molar-refractivity contribution in [3.8, 4) is 11.8 Å². The molecule has 0 aliphatic carbocycles. The highest BCUT2D eigenvalue weighted by atomic mass is 32.2. The van der Waals surface area contributed by atoms with Crippen molar-refractivity contribution >= 4 is 18.0 Å². The van der Waals surface area contributed by atoms with Gasteiger partial charge < -0.3 is 4.43 Å². The third-order valence-corrected chi connectivity index (χ3v) is 13.0. The molecule has 3 atom stereocenters. The molecular formula is C28H39NO2SSi. The Hall–Kier alpha value is -2.13. The normalized spacial score (nSPS) is 15.5. The molecule has 2 rings (SSSR count). The Bertz CT molecular complexity index is 1050. The van der Waals surface area contributed by atoms with Crippen molar-refractivity contribution in [2.24, 2.45) is 16.2 Å². The van der Waals surface area contributed by atoms with Crippen LogP contribution < -0.4 is 0 Å². The third kappa shape index (κ3) is 7.43. The van der Waals surface area contributed by atoms with Crippen LogP contribution in [-0.4, -0.2) is 25.7 Å². The van der Waals surface area contributed by atoms with E-state index in [4.69, 9.17) is 4.43 Å². The number of benzene rings is 2. The molecule has 0 aliphatic heterocycles. The van der Waals surface area contributed by atoms with Crippen LogP contribution in [0.15, 0.2) is 81.4 Å². The fourth-order valence-corrected chi connectivity index (χ4v) is 8.07. The largest absolute Gasteiger partial charge is 0.403 e. The first-order chi connectivity index (χ1) is 15.8. The van der Waals surface area contributed by atoms with Gasteiger partial charge in [-0.3, -0.25) is 0 Å². The van der Waals surface area contributed by atoms with Crippen LogP contribution >= 0.6 is 0 Å². The Morgan fingerprint density at radius 2 is 1.52 bits per heavy atom. The molecule has 0 spiro atoms. The molecule has 2 aromatic rings. The van der Waals surface area contributed by atoms with Crippen LogP contribution in [0.3, 0.4) is 0 Å². The molecule has 0 saturated heterocycles. The molecule has 3 nitrogen and oxygen atoms in total.